The summed E-state index contributed by atoms with van der Waals surface area (Å²) >= 11 is 0. The Bertz CT molecular complexity index is 482. The van der Waals surface area contributed by atoms with E-state index < -0.39 is 6.61 Å². The summed E-state index contributed by atoms with van der Waals surface area (Å²) in [6.45, 7) is -0.576. The molecule has 1 aliphatic rings. The van der Waals surface area contributed by atoms with Crippen LogP contribution < -0.4 is 4.74 Å². The van der Waals surface area contributed by atoms with Crippen LogP contribution in [0.25, 0.3) is 0 Å². The average molecular weight is 311 g/mol. The molecular formula is C17H23F2NO2. The predicted octanol–water partition coefficient (Wildman–Crippen LogP) is 3.87. The number of nitrogens with zero attached hydrogens (tertiary/aromatic N) is 1. The van der Waals surface area contributed by atoms with Gasteiger partial charge in [-0.25, -0.2) is 0 Å². The van der Waals surface area contributed by atoms with E-state index >= 15 is 0 Å². The van der Waals surface area contributed by atoms with E-state index in [2.05, 4.69) is 11.7 Å². The summed E-state index contributed by atoms with van der Waals surface area (Å²) in [6.07, 6.45) is 4.75. The highest BCUT2D eigenvalue weighted by atomic mass is 19.3. The molecule has 0 aliphatic heterocycles. The van der Waals surface area contributed by atoms with Crippen molar-refractivity contribution >= 4 is 5.91 Å². The first-order chi connectivity index (χ1) is 10.5. The Balaban J connectivity index is 1.88. The van der Waals surface area contributed by atoms with Gasteiger partial charge in [-0.05, 0) is 49.3 Å². The molecule has 1 aromatic carbocycles. The standard InChI is InChI=1S/C17H23F2NO2/c1-12-3-7-14(8-4-12)20(2)16(21)11-13-5-9-15(10-6-13)22-17(18)19/h5-6,9-10,12,14,17H,3-4,7-8,11H2,1-2H3. The molecule has 0 atom stereocenters. The number of rotatable bonds is 5. The SMILES string of the molecule is CC1CCC(N(C)C(=O)Cc2ccc(OC(F)F)cc2)CC1. The molecule has 0 spiro atoms. The van der Waals surface area contributed by atoms with Crippen LogP contribution in [-0.4, -0.2) is 30.5 Å². The molecule has 1 aliphatic carbocycles. The molecule has 0 aromatic heterocycles. The Hall–Kier alpha value is -1.65. The lowest BCUT2D eigenvalue weighted by Crippen LogP contribution is -2.40. The van der Waals surface area contributed by atoms with Gasteiger partial charge in [-0.15, -0.1) is 0 Å². The van der Waals surface area contributed by atoms with Crippen LogP contribution >= 0.6 is 0 Å². The van der Waals surface area contributed by atoms with Crippen molar-refractivity contribution in [2.24, 2.45) is 5.92 Å². The highest BCUT2D eigenvalue weighted by molar-refractivity contribution is 5.78. The Labute approximate surface area is 130 Å². The van der Waals surface area contributed by atoms with Gasteiger partial charge in [-0.3, -0.25) is 4.79 Å². The second-order valence-corrected chi connectivity index (χ2v) is 6.12. The summed E-state index contributed by atoms with van der Waals surface area (Å²) in [6, 6.07) is 6.58. The third-order valence-corrected chi connectivity index (χ3v) is 4.43. The van der Waals surface area contributed by atoms with Crippen molar-refractivity contribution in [1.29, 1.82) is 0 Å². The Kier molecular flexibility index (Phi) is 5.75. The lowest BCUT2D eigenvalue weighted by Gasteiger charge is -2.33. The number of hydrogen-bond donors (Lipinski definition) is 0. The molecule has 0 N–H and O–H groups in total. The zero-order chi connectivity index (χ0) is 16.1. The van der Waals surface area contributed by atoms with Gasteiger partial charge < -0.3 is 9.64 Å². The monoisotopic (exact) mass is 311 g/mol. The third-order valence-electron chi connectivity index (χ3n) is 4.43. The summed E-state index contributed by atoms with van der Waals surface area (Å²) in [5, 5.41) is 0. The fourth-order valence-electron chi connectivity index (χ4n) is 2.92. The lowest BCUT2D eigenvalue weighted by molar-refractivity contribution is -0.132. The number of carbonyl (C=O) groups excluding carboxylic acids is 1. The number of amides is 1. The molecule has 1 fully saturated rings. The highest BCUT2D eigenvalue weighted by Gasteiger charge is 2.24. The summed E-state index contributed by atoms with van der Waals surface area (Å²) in [5.41, 5.74) is 0.808. The molecule has 0 bridgehead atoms. The number of benzene rings is 1. The first-order valence-corrected chi connectivity index (χ1v) is 7.75. The largest absolute Gasteiger partial charge is 0.435 e. The zero-order valence-electron chi connectivity index (χ0n) is 13.1. The lowest BCUT2D eigenvalue weighted by atomic mass is 9.86. The molecule has 5 heteroatoms. The predicted molar refractivity (Wildman–Crippen MR) is 81.0 cm³/mol. The minimum Gasteiger partial charge on any atom is -0.435 e. The van der Waals surface area contributed by atoms with Crippen molar-refractivity contribution in [1.82, 2.24) is 4.90 Å². The molecule has 22 heavy (non-hydrogen) atoms. The number of hydrogen-bond acceptors (Lipinski definition) is 2. The number of carbonyl (C=O) groups is 1. The molecule has 1 amide bonds. The van der Waals surface area contributed by atoms with Crippen molar-refractivity contribution in [3.8, 4) is 5.75 Å². The van der Waals surface area contributed by atoms with Crippen LogP contribution in [0.4, 0.5) is 8.78 Å². The van der Waals surface area contributed by atoms with Gasteiger partial charge in [0.05, 0.1) is 6.42 Å². The van der Waals surface area contributed by atoms with Crippen molar-refractivity contribution < 1.29 is 18.3 Å². The molecule has 0 unspecified atom stereocenters. The molecule has 2 rings (SSSR count). The number of alkyl halides is 2. The average Bonchev–Trinajstić information content (AvgIpc) is 2.49. The van der Waals surface area contributed by atoms with Gasteiger partial charge in [0.2, 0.25) is 5.91 Å². The summed E-state index contributed by atoms with van der Waals surface area (Å²) < 4.78 is 28.5. The van der Waals surface area contributed by atoms with Crippen molar-refractivity contribution in [2.75, 3.05) is 7.05 Å². The Morgan fingerprint density at radius 1 is 1.23 bits per heavy atom. The fraction of sp³-hybridized carbons (Fsp3) is 0.588. The van der Waals surface area contributed by atoms with Crippen LogP contribution in [0.1, 0.15) is 38.2 Å². The maximum atomic E-state index is 12.3. The number of ether oxygens (including phenoxy) is 1. The van der Waals surface area contributed by atoms with Crippen molar-refractivity contribution in [3.63, 3.8) is 0 Å². The second kappa shape index (κ2) is 7.56. The van der Waals surface area contributed by atoms with Crippen LogP contribution in [0, 0.1) is 5.92 Å². The van der Waals surface area contributed by atoms with E-state index in [9.17, 15) is 13.6 Å². The molecular weight excluding hydrogens is 288 g/mol. The third kappa shape index (κ3) is 4.68. The van der Waals surface area contributed by atoms with E-state index in [1.807, 2.05) is 11.9 Å². The van der Waals surface area contributed by atoms with Crippen LogP contribution in [-0.2, 0) is 11.2 Å². The van der Waals surface area contributed by atoms with Gasteiger partial charge in [-0.1, -0.05) is 19.1 Å². The van der Waals surface area contributed by atoms with E-state index in [0.29, 0.717) is 6.04 Å². The van der Waals surface area contributed by atoms with Gasteiger partial charge in [0.25, 0.3) is 0 Å². The van der Waals surface area contributed by atoms with Crippen LogP contribution in [0.5, 0.6) is 5.75 Å². The second-order valence-electron chi connectivity index (χ2n) is 6.12. The normalized spacial score (nSPS) is 21.7. The van der Waals surface area contributed by atoms with Gasteiger partial charge in [0, 0.05) is 13.1 Å². The summed E-state index contributed by atoms with van der Waals surface area (Å²) in [4.78, 5) is 14.2. The molecule has 1 saturated carbocycles. The maximum absolute atomic E-state index is 12.3. The zero-order valence-corrected chi connectivity index (χ0v) is 13.1. The number of halogens is 2. The Morgan fingerprint density at radius 2 is 1.82 bits per heavy atom. The van der Waals surface area contributed by atoms with Crippen molar-refractivity contribution in [2.45, 2.75) is 51.7 Å². The maximum Gasteiger partial charge on any atom is 0.387 e. The molecule has 3 nitrogen and oxygen atoms in total. The molecule has 0 saturated heterocycles. The first-order valence-electron chi connectivity index (χ1n) is 7.75. The minimum atomic E-state index is -2.83. The highest BCUT2D eigenvalue weighted by Crippen LogP contribution is 2.26. The van der Waals surface area contributed by atoms with Gasteiger partial charge in [0.1, 0.15) is 5.75 Å². The van der Waals surface area contributed by atoms with E-state index in [1.165, 1.54) is 25.0 Å². The number of likely N-dealkylation sites (N-methyl/N-ethyl adjacent to an activating group) is 1. The first kappa shape index (κ1) is 16.7. The van der Waals surface area contributed by atoms with Gasteiger partial charge in [-0.2, -0.15) is 8.78 Å². The molecule has 0 radical (unpaired) electrons. The minimum absolute atomic E-state index is 0.0714. The van der Waals surface area contributed by atoms with Crippen LogP contribution in [0.2, 0.25) is 0 Å². The van der Waals surface area contributed by atoms with Crippen LogP contribution in [0.15, 0.2) is 24.3 Å². The smallest absolute Gasteiger partial charge is 0.387 e. The van der Waals surface area contributed by atoms with E-state index in [0.717, 1.165) is 24.3 Å². The Morgan fingerprint density at radius 3 is 2.36 bits per heavy atom. The molecule has 122 valence electrons. The van der Waals surface area contributed by atoms with Crippen LogP contribution in [0.3, 0.4) is 0 Å². The van der Waals surface area contributed by atoms with Crippen molar-refractivity contribution in [3.05, 3.63) is 29.8 Å². The fourth-order valence-corrected chi connectivity index (χ4v) is 2.92. The topological polar surface area (TPSA) is 29.5 Å². The van der Waals surface area contributed by atoms with E-state index in [4.69, 9.17) is 0 Å². The van der Waals surface area contributed by atoms with E-state index in [-0.39, 0.29) is 18.1 Å². The van der Waals surface area contributed by atoms with Gasteiger partial charge in [0.15, 0.2) is 0 Å². The van der Waals surface area contributed by atoms with E-state index in [1.54, 1.807) is 12.1 Å². The van der Waals surface area contributed by atoms with Gasteiger partial charge >= 0.3 is 6.61 Å². The molecule has 0 heterocycles. The summed E-state index contributed by atoms with van der Waals surface area (Å²) in [5.74, 6) is 0.935. The summed E-state index contributed by atoms with van der Waals surface area (Å²) in [7, 11) is 1.86. The quantitative estimate of drug-likeness (QED) is 0.826. The molecule has 1 aromatic rings.